The van der Waals surface area contributed by atoms with Gasteiger partial charge in [0, 0.05) is 4.88 Å². The van der Waals surface area contributed by atoms with Gasteiger partial charge in [-0.15, -0.1) is 17.9 Å². The van der Waals surface area contributed by atoms with Crippen LogP contribution in [0.5, 0.6) is 0 Å². The van der Waals surface area contributed by atoms with Crippen LogP contribution in [0.15, 0.2) is 30.2 Å². The number of hydroxylamine groups is 1. The van der Waals surface area contributed by atoms with E-state index in [-0.39, 0.29) is 18.4 Å². The van der Waals surface area contributed by atoms with Gasteiger partial charge in [0.1, 0.15) is 6.10 Å². The normalized spacial score (nSPS) is 17.2. The van der Waals surface area contributed by atoms with Gasteiger partial charge < -0.3 is 10.1 Å². The van der Waals surface area contributed by atoms with Crippen LogP contribution >= 0.6 is 11.3 Å². The molecule has 2 rings (SSSR count). The van der Waals surface area contributed by atoms with Crippen LogP contribution in [-0.4, -0.2) is 29.1 Å². The third-order valence-corrected chi connectivity index (χ3v) is 6.29. The molecule has 0 bridgehead atoms. The second-order valence-electron chi connectivity index (χ2n) is 8.14. The minimum Gasteiger partial charge on any atom is -0.461 e. The van der Waals surface area contributed by atoms with E-state index < -0.39 is 35.7 Å². The second kappa shape index (κ2) is 11.9. The fraction of sp³-hybridized carbons (Fsp3) is 0.591. The smallest absolute Gasteiger partial charge is 0.334 e. The van der Waals surface area contributed by atoms with Crippen molar-refractivity contribution in [2.45, 2.75) is 64.5 Å². The van der Waals surface area contributed by atoms with E-state index in [1.54, 1.807) is 17.6 Å². The number of carbonyl (C=O) groups is 3. The van der Waals surface area contributed by atoms with Gasteiger partial charge in [0.2, 0.25) is 11.8 Å². The van der Waals surface area contributed by atoms with Crippen LogP contribution in [0.4, 0.5) is 0 Å². The SMILES string of the molecule is C=CC[C@H](C(=O)NO)[C@@H](CC(C)C)C(=O)N[C@@H](C(=O)OC1CCCC1)c1cccs1. The Morgan fingerprint density at radius 2 is 1.97 bits per heavy atom. The Morgan fingerprint density at radius 1 is 1.27 bits per heavy atom. The lowest BCUT2D eigenvalue weighted by atomic mass is 9.82. The van der Waals surface area contributed by atoms with Crippen molar-refractivity contribution in [3.8, 4) is 0 Å². The highest BCUT2D eigenvalue weighted by molar-refractivity contribution is 7.10. The van der Waals surface area contributed by atoms with E-state index in [4.69, 9.17) is 9.94 Å². The molecule has 0 unspecified atom stereocenters. The minimum atomic E-state index is -0.922. The molecule has 1 fully saturated rings. The van der Waals surface area contributed by atoms with Crippen LogP contribution < -0.4 is 10.8 Å². The maximum Gasteiger partial charge on any atom is 0.334 e. The number of carbonyl (C=O) groups excluding carboxylic acids is 3. The largest absolute Gasteiger partial charge is 0.461 e. The van der Waals surface area contributed by atoms with Crippen molar-refractivity contribution in [3.63, 3.8) is 0 Å². The zero-order chi connectivity index (χ0) is 22.1. The first-order valence-electron chi connectivity index (χ1n) is 10.5. The molecule has 2 amide bonds. The first-order chi connectivity index (χ1) is 14.4. The number of thiophene rings is 1. The summed E-state index contributed by atoms with van der Waals surface area (Å²) in [6, 6.07) is 2.67. The number of esters is 1. The van der Waals surface area contributed by atoms with Crippen molar-refractivity contribution in [2.75, 3.05) is 0 Å². The number of nitrogens with one attached hydrogen (secondary N) is 2. The van der Waals surface area contributed by atoms with E-state index >= 15 is 0 Å². The van der Waals surface area contributed by atoms with Crippen molar-refractivity contribution in [1.29, 1.82) is 0 Å². The minimum absolute atomic E-state index is 0.114. The molecule has 0 aromatic carbocycles. The van der Waals surface area contributed by atoms with Gasteiger partial charge in [-0.1, -0.05) is 26.0 Å². The number of rotatable bonds is 11. The van der Waals surface area contributed by atoms with Crippen molar-refractivity contribution < 1.29 is 24.3 Å². The van der Waals surface area contributed by atoms with Crippen LogP contribution in [-0.2, 0) is 19.1 Å². The molecule has 0 saturated heterocycles. The molecule has 0 radical (unpaired) electrons. The first-order valence-corrected chi connectivity index (χ1v) is 11.3. The molecule has 166 valence electrons. The summed E-state index contributed by atoms with van der Waals surface area (Å²) in [5, 5.41) is 13.8. The average Bonchev–Trinajstić information content (AvgIpc) is 3.41. The van der Waals surface area contributed by atoms with Gasteiger partial charge in [-0.3, -0.25) is 14.8 Å². The summed E-state index contributed by atoms with van der Waals surface area (Å²) in [5.41, 5.74) is 1.65. The van der Waals surface area contributed by atoms with Crippen LogP contribution in [0.3, 0.4) is 0 Å². The molecule has 30 heavy (non-hydrogen) atoms. The van der Waals surface area contributed by atoms with Gasteiger partial charge in [0.15, 0.2) is 6.04 Å². The molecular formula is C22H32N2O5S. The van der Waals surface area contributed by atoms with Gasteiger partial charge in [-0.05, 0) is 55.9 Å². The molecule has 1 aliphatic rings. The molecule has 1 aromatic rings. The number of amides is 2. The van der Waals surface area contributed by atoms with E-state index in [0.717, 1.165) is 25.7 Å². The fourth-order valence-corrected chi connectivity index (χ4v) is 4.63. The Morgan fingerprint density at radius 3 is 2.50 bits per heavy atom. The first kappa shape index (κ1) is 24.1. The van der Waals surface area contributed by atoms with Crippen LogP contribution in [0, 0.1) is 17.8 Å². The quantitative estimate of drug-likeness (QED) is 0.212. The summed E-state index contributed by atoms with van der Waals surface area (Å²) in [6.07, 6.45) is 5.83. The zero-order valence-electron chi connectivity index (χ0n) is 17.6. The molecule has 1 aromatic heterocycles. The fourth-order valence-electron chi connectivity index (χ4n) is 3.87. The van der Waals surface area contributed by atoms with E-state index in [2.05, 4.69) is 11.9 Å². The summed E-state index contributed by atoms with van der Waals surface area (Å²) >= 11 is 1.36. The van der Waals surface area contributed by atoms with Gasteiger partial charge in [0.05, 0.1) is 11.8 Å². The van der Waals surface area contributed by atoms with E-state index in [1.165, 1.54) is 11.3 Å². The predicted molar refractivity (Wildman–Crippen MR) is 115 cm³/mol. The maximum absolute atomic E-state index is 13.3. The number of hydrogen-bond acceptors (Lipinski definition) is 6. The Bertz CT molecular complexity index is 713. The summed E-state index contributed by atoms with van der Waals surface area (Å²) < 4.78 is 5.65. The molecular weight excluding hydrogens is 404 g/mol. The van der Waals surface area contributed by atoms with E-state index in [0.29, 0.717) is 11.3 Å². The van der Waals surface area contributed by atoms with E-state index in [9.17, 15) is 14.4 Å². The highest BCUT2D eigenvalue weighted by Crippen LogP contribution is 2.29. The molecule has 1 saturated carbocycles. The number of ether oxygens (including phenoxy) is 1. The third-order valence-electron chi connectivity index (χ3n) is 5.35. The lowest BCUT2D eigenvalue weighted by Crippen LogP contribution is -2.45. The molecule has 1 aliphatic carbocycles. The van der Waals surface area contributed by atoms with Gasteiger partial charge in [-0.2, -0.15) is 0 Å². The number of hydrogen-bond donors (Lipinski definition) is 3. The average molecular weight is 437 g/mol. The van der Waals surface area contributed by atoms with E-state index in [1.807, 2.05) is 25.3 Å². The van der Waals surface area contributed by atoms with Crippen molar-refractivity contribution in [3.05, 3.63) is 35.0 Å². The Hall–Kier alpha value is -2.19. The third kappa shape index (κ3) is 6.67. The predicted octanol–water partition coefficient (Wildman–Crippen LogP) is 3.75. The molecule has 3 atom stereocenters. The molecule has 0 spiro atoms. The topological polar surface area (TPSA) is 105 Å². The lowest BCUT2D eigenvalue weighted by molar-refractivity contribution is -0.153. The Balaban J connectivity index is 2.23. The van der Waals surface area contributed by atoms with Gasteiger partial charge in [-0.25, -0.2) is 10.3 Å². The standard InChI is InChI=1S/C22H32N2O5S/c1-4-8-16(21(26)24-28)17(13-14(2)3)20(25)23-19(18-11-7-12-30-18)22(27)29-15-9-5-6-10-15/h4,7,11-12,14-17,19,28H,1,5-6,8-10,13H2,2-3H3,(H,23,25)(H,24,26)/t16-,17+,19+/m0/s1. The summed E-state index contributed by atoms with van der Waals surface area (Å²) in [5.74, 6) is -2.92. The molecule has 3 N–H and O–H groups in total. The Kier molecular flexibility index (Phi) is 9.52. The highest BCUT2D eigenvalue weighted by Gasteiger charge is 2.36. The molecule has 7 nitrogen and oxygen atoms in total. The van der Waals surface area contributed by atoms with Crippen molar-refractivity contribution in [1.82, 2.24) is 10.8 Å². The molecule has 1 heterocycles. The van der Waals surface area contributed by atoms with Crippen LogP contribution in [0.25, 0.3) is 0 Å². The second-order valence-corrected chi connectivity index (χ2v) is 9.12. The summed E-state index contributed by atoms with van der Waals surface area (Å²) in [7, 11) is 0. The van der Waals surface area contributed by atoms with Gasteiger partial charge >= 0.3 is 5.97 Å². The van der Waals surface area contributed by atoms with Gasteiger partial charge in [0.25, 0.3) is 0 Å². The number of allylic oxidation sites excluding steroid dienone is 1. The Labute approximate surface area is 181 Å². The summed E-state index contributed by atoms with van der Waals surface area (Å²) in [6.45, 7) is 7.56. The highest BCUT2D eigenvalue weighted by atomic mass is 32.1. The lowest BCUT2D eigenvalue weighted by Gasteiger charge is -2.27. The van der Waals surface area contributed by atoms with Crippen LogP contribution in [0.2, 0.25) is 0 Å². The maximum atomic E-state index is 13.3. The van der Waals surface area contributed by atoms with Crippen molar-refractivity contribution >= 4 is 29.1 Å². The summed E-state index contributed by atoms with van der Waals surface area (Å²) in [4.78, 5) is 39.1. The van der Waals surface area contributed by atoms with Crippen LogP contribution in [0.1, 0.15) is 63.3 Å². The zero-order valence-corrected chi connectivity index (χ0v) is 18.5. The van der Waals surface area contributed by atoms with Crippen molar-refractivity contribution in [2.24, 2.45) is 17.8 Å². The molecule has 8 heteroatoms. The molecule has 0 aliphatic heterocycles. The monoisotopic (exact) mass is 436 g/mol.